The Morgan fingerprint density at radius 3 is 2.29 bits per heavy atom. The van der Waals surface area contributed by atoms with E-state index in [2.05, 4.69) is 25.0 Å². The zero-order chi connectivity index (χ0) is 51.8. The number of anilines is 3. The third kappa shape index (κ3) is 12.1. The number of rotatable bonds is 20. The van der Waals surface area contributed by atoms with Crippen molar-refractivity contribution < 1.29 is 56.9 Å². The van der Waals surface area contributed by atoms with E-state index < -0.39 is 53.6 Å². The number of aliphatic hydroxyl groups excluding tert-OH is 1. The van der Waals surface area contributed by atoms with Crippen molar-refractivity contribution in [2.75, 3.05) is 61.1 Å². The van der Waals surface area contributed by atoms with E-state index in [0.717, 1.165) is 48.5 Å². The minimum Gasteiger partial charge on any atom is -0.493 e. The van der Waals surface area contributed by atoms with Gasteiger partial charge in [0, 0.05) is 85.9 Å². The molecule has 8 rings (SSSR count). The van der Waals surface area contributed by atoms with E-state index in [1.54, 1.807) is 32.3 Å². The van der Waals surface area contributed by atoms with E-state index in [4.69, 9.17) is 24.1 Å². The van der Waals surface area contributed by atoms with E-state index in [1.807, 2.05) is 55.5 Å². The van der Waals surface area contributed by atoms with Crippen molar-refractivity contribution >= 4 is 35.2 Å². The molecule has 5 atom stereocenters. The molecule has 2 aliphatic rings. The highest BCUT2D eigenvalue weighted by atomic mass is 19.1. The van der Waals surface area contributed by atoms with Crippen LogP contribution in [-0.2, 0) is 42.6 Å². The number of piperazine rings is 1. The van der Waals surface area contributed by atoms with E-state index in [-0.39, 0.29) is 62.2 Å². The Labute approximate surface area is 419 Å². The number of aliphatic carboxylic acids is 1. The molecule has 2 fully saturated rings. The zero-order valence-corrected chi connectivity index (χ0v) is 41.0. The molecule has 0 bridgehead atoms. The summed E-state index contributed by atoms with van der Waals surface area (Å²) in [6.45, 7) is 8.64. The van der Waals surface area contributed by atoms with Crippen LogP contribution < -0.4 is 29.7 Å². The van der Waals surface area contributed by atoms with Gasteiger partial charge in [0.15, 0.2) is 0 Å². The first kappa shape index (κ1) is 51.6. The fourth-order valence-corrected chi connectivity index (χ4v) is 9.19. The second-order valence-electron chi connectivity index (χ2n) is 18.2. The van der Waals surface area contributed by atoms with Crippen LogP contribution in [0.3, 0.4) is 0 Å². The van der Waals surface area contributed by atoms with Crippen molar-refractivity contribution in [2.45, 2.75) is 83.6 Å². The molecule has 3 aromatic carbocycles. The molecule has 5 heterocycles. The molecule has 2 N–H and O–H groups in total. The van der Waals surface area contributed by atoms with Crippen LogP contribution in [0.2, 0.25) is 0 Å². The zero-order valence-electron chi connectivity index (χ0n) is 41.0. The molecule has 1 unspecified atom stereocenters. The average Bonchev–Trinajstić information content (AvgIpc) is 4.14. The number of pyridine rings is 1. The summed E-state index contributed by atoms with van der Waals surface area (Å²) in [7, 11) is 1.44. The van der Waals surface area contributed by atoms with Crippen LogP contribution in [0, 0.1) is 17.6 Å². The largest absolute Gasteiger partial charge is 0.493 e. The molecule has 1 amide bonds. The first-order chi connectivity index (χ1) is 35.1. The highest BCUT2D eigenvalue weighted by molar-refractivity contribution is 5.86. The fourth-order valence-electron chi connectivity index (χ4n) is 9.19. The van der Waals surface area contributed by atoms with Crippen LogP contribution in [0.15, 0.2) is 109 Å². The number of nitrogens with zero attached hydrogens (tertiary/aromatic N) is 10. The SMILES string of the molecule is CC[C@@H]([C@H](C)O)n1ncn(-c2ccc(N3CCN(c4ccc(OC[C@@H]5CO[C@@](Cn6c[n+](C(C)OC(=O)N(C)c7ncccc7COC(=O)CCC(=O)O)cn6)(c6ccc(F)cc6F)C5)cc4)CC3)cc2)c1=O. The molecule has 386 valence electrons. The number of carboxylic acid groups (broad SMARTS) is 1. The molecule has 3 aromatic heterocycles. The molecular weight excluding hydrogens is 951 g/mol. The van der Waals surface area contributed by atoms with Gasteiger partial charge < -0.3 is 39.0 Å². The third-order valence-electron chi connectivity index (χ3n) is 13.2. The molecule has 0 aliphatic carbocycles. The Kier molecular flexibility index (Phi) is 16.1. The van der Waals surface area contributed by atoms with E-state index in [0.29, 0.717) is 29.8 Å². The van der Waals surface area contributed by atoms with Gasteiger partial charge in [-0.15, -0.1) is 4.68 Å². The molecule has 2 saturated heterocycles. The summed E-state index contributed by atoms with van der Waals surface area (Å²) in [5, 5.41) is 27.7. The standard InChI is InChI=1S/C51H58F2N10O10/c1-5-45(34(2)64)63-49(68)62(32-56-63)41-11-9-39(10-12-41)58-21-23-59(24-22-58)40-13-15-42(16-14-40)70-27-36-26-51(72-28-36,43-17-8-38(52)25-44(43)53)30-61-33-60(31-55-61)35(3)73-50(69)57(4)48-37(7-6-20-54-48)29-71-47(67)19-18-46(65)66/h6-17,20,25,31-36,45,64H,5,18-19,21-24,26-30H2,1-4H3/p+1/t34-,35?,36+,45-,51-/m0/s1. The van der Waals surface area contributed by atoms with Crippen LogP contribution in [0.4, 0.5) is 30.8 Å². The van der Waals surface area contributed by atoms with Crippen LogP contribution in [0.5, 0.6) is 5.75 Å². The smallest absolute Gasteiger partial charge is 0.418 e. The Morgan fingerprint density at radius 2 is 1.63 bits per heavy atom. The highest BCUT2D eigenvalue weighted by Crippen LogP contribution is 2.42. The maximum absolute atomic E-state index is 15.6. The van der Waals surface area contributed by atoms with Crippen molar-refractivity contribution in [3.63, 3.8) is 0 Å². The Balaban J connectivity index is 0.844. The number of amides is 1. The summed E-state index contributed by atoms with van der Waals surface area (Å²) in [6.07, 6.45) is 3.82. The number of halogens is 2. The predicted octanol–water partition coefficient (Wildman–Crippen LogP) is 5.56. The monoisotopic (exact) mass is 1010 g/mol. The van der Waals surface area contributed by atoms with E-state index >= 15 is 4.39 Å². The number of hydrogen-bond acceptors (Lipinski definition) is 14. The second-order valence-corrected chi connectivity index (χ2v) is 18.2. The minimum atomic E-state index is -1.25. The summed E-state index contributed by atoms with van der Waals surface area (Å²) in [5.74, 6) is -2.67. The summed E-state index contributed by atoms with van der Waals surface area (Å²) in [5.41, 5.74) is 1.81. The van der Waals surface area contributed by atoms with Crippen LogP contribution in [0.25, 0.3) is 5.69 Å². The van der Waals surface area contributed by atoms with Crippen molar-refractivity contribution in [2.24, 2.45) is 5.92 Å². The number of carboxylic acids is 1. The molecule has 0 radical (unpaired) electrons. The first-order valence-corrected chi connectivity index (χ1v) is 24.1. The maximum atomic E-state index is 15.6. The van der Waals surface area contributed by atoms with Gasteiger partial charge in [0.05, 0.1) is 43.9 Å². The van der Waals surface area contributed by atoms with Crippen molar-refractivity contribution in [3.05, 3.63) is 137 Å². The van der Waals surface area contributed by atoms with E-state index in [9.17, 15) is 28.7 Å². The van der Waals surface area contributed by atoms with Gasteiger partial charge in [-0.1, -0.05) is 19.1 Å². The lowest BCUT2D eigenvalue weighted by atomic mass is 9.87. The number of carbonyl (C=O) groups is 3. The van der Waals surface area contributed by atoms with Gasteiger partial charge in [-0.2, -0.15) is 9.67 Å². The molecule has 0 spiro atoms. The van der Waals surface area contributed by atoms with Gasteiger partial charge in [-0.05, 0) is 80.4 Å². The molecule has 20 nitrogen and oxygen atoms in total. The number of ether oxygens (including phenoxy) is 4. The van der Waals surface area contributed by atoms with Crippen molar-refractivity contribution in [3.8, 4) is 11.4 Å². The third-order valence-corrected chi connectivity index (χ3v) is 13.2. The minimum absolute atomic E-state index is 0.0359. The Hall–Kier alpha value is -7.72. The highest BCUT2D eigenvalue weighted by Gasteiger charge is 2.46. The summed E-state index contributed by atoms with van der Waals surface area (Å²) < 4.78 is 59.3. The van der Waals surface area contributed by atoms with Gasteiger partial charge in [-0.3, -0.25) is 14.5 Å². The predicted molar refractivity (Wildman–Crippen MR) is 260 cm³/mol. The van der Waals surface area contributed by atoms with Gasteiger partial charge in [0.2, 0.25) is 12.6 Å². The fraction of sp³-hybridized carbons (Fsp3) is 0.412. The summed E-state index contributed by atoms with van der Waals surface area (Å²) in [4.78, 5) is 59.3. The van der Waals surface area contributed by atoms with Gasteiger partial charge >= 0.3 is 23.7 Å². The molecule has 6 aromatic rings. The maximum Gasteiger partial charge on any atom is 0.418 e. The quantitative estimate of drug-likeness (QED) is 0.0708. The van der Waals surface area contributed by atoms with Crippen molar-refractivity contribution in [1.82, 2.24) is 29.1 Å². The number of hydrogen-bond donors (Lipinski definition) is 2. The van der Waals surface area contributed by atoms with Gasteiger partial charge in [0.1, 0.15) is 48.3 Å². The number of carbonyl (C=O) groups excluding carboxylic acids is 2. The molecule has 0 saturated carbocycles. The van der Waals surface area contributed by atoms with Crippen LogP contribution in [-0.4, -0.2) is 110 Å². The molecular formula is C51H59F2N10O10+. The van der Waals surface area contributed by atoms with Gasteiger partial charge in [-0.25, -0.2) is 32.6 Å². The van der Waals surface area contributed by atoms with Crippen LogP contribution >= 0.6 is 0 Å². The summed E-state index contributed by atoms with van der Waals surface area (Å²) >= 11 is 0. The van der Waals surface area contributed by atoms with E-state index in [1.165, 1.54) is 56.5 Å². The Bertz CT molecular complexity index is 2920. The summed E-state index contributed by atoms with van der Waals surface area (Å²) in [6, 6.07) is 21.9. The molecule has 73 heavy (non-hydrogen) atoms. The lowest BCUT2D eigenvalue weighted by Crippen LogP contribution is -2.46. The van der Waals surface area contributed by atoms with Gasteiger partial charge in [0.25, 0.3) is 6.33 Å². The lowest BCUT2D eigenvalue weighted by Gasteiger charge is -2.37. The Morgan fingerprint density at radius 1 is 0.945 bits per heavy atom. The number of esters is 1. The number of benzene rings is 3. The average molecular weight is 1010 g/mol. The number of aliphatic hydroxyl groups is 1. The molecule has 2 aliphatic heterocycles. The number of aromatic nitrogens is 7. The first-order valence-electron chi connectivity index (χ1n) is 24.1. The van der Waals surface area contributed by atoms with Crippen molar-refractivity contribution in [1.29, 1.82) is 0 Å². The normalized spacial score (nSPS) is 18.0. The second kappa shape index (κ2) is 22.8. The molecule has 22 heteroatoms. The lowest BCUT2D eigenvalue weighted by molar-refractivity contribution is -0.753. The topological polar surface area (TPSA) is 213 Å². The van der Waals surface area contributed by atoms with Crippen LogP contribution in [0.1, 0.15) is 69.9 Å².